The van der Waals surface area contributed by atoms with Crippen molar-refractivity contribution in [2.24, 2.45) is 0 Å². The van der Waals surface area contributed by atoms with E-state index in [0.29, 0.717) is 19.0 Å². The average molecular weight is 297 g/mol. The van der Waals surface area contributed by atoms with Crippen LogP contribution in [0.25, 0.3) is 0 Å². The van der Waals surface area contributed by atoms with E-state index in [1.807, 2.05) is 0 Å². The molecule has 2 saturated heterocycles. The van der Waals surface area contributed by atoms with Crippen molar-refractivity contribution in [1.29, 1.82) is 0 Å². The molecule has 3 N–H and O–H groups in total. The molecule has 6 nitrogen and oxygen atoms in total. The fraction of sp³-hybridized carbons (Fsp3) is 0.867. The maximum Gasteiger partial charge on any atom is 0.315 e. The van der Waals surface area contributed by atoms with Crippen LogP contribution in [0.5, 0.6) is 0 Å². The smallest absolute Gasteiger partial charge is 0.315 e. The number of carbonyl (C=O) groups excluding carboxylic acids is 1. The SMILES string of the molecule is O=C(O)CCCCCNC(=O)NC1CCN2CCCCC12. The standard InChI is InChI=1S/C15H27N3O3/c19-14(20)7-2-1-4-9-16-15(21)17-12-8-11-18-10-5-3-6-13(12)18/h12-13H,1-11H2,(H,19,20)(H2,16,17,21). The van der Waals surface area contributed by atoms with E-state index in [2.05, 4.69) is 15.5 Å². The number of aliphatic carboxylic acids is 1. The first-order chi connectivity index (χ1) is 10.2. The summed E-state index contributed by atoms with van der Waals surface area (Å²) in [4.78, 5) is 24.7. The van der Waals surface area contributed by atoms with E-state index >= 15 is 0 Å². The van der Waals surface area contributed by atoms with Crippen LogP contribution in [0.3, 0.4) is 0 Å². The van der Waals surface area contributed by atoms with Crippen LogP contribution in [-0.2, 0) is 4.79 Å². The minimum absolute atomic E-state index is 0.0781. The molecule has 0 saturated carbocycles. The largest absolute Gasteiger partial charge is 0.481 e. The van der Waals surface area contributed by atoms with Crippen molar-refractivity contribution in [3.8, 4) is 0 Å². The maximum absolute atomic E-state index is 11.9. The van der Waals surface area contributed by atoms with Gasteiger partial charge in [0.15, 0.2) is 0 Å². The van der Waals surface area contributed by atoms with Crippen LogP contribution in [-0.4, -0.2) is 53.7 Å². The van der Waals surface area contributed by atoms with Crippen molar-refractivity contribution in [3.63, 3.8) is 0 Å². The zero-order chi connectivity index (χ0) is 15.1. The Morgan fingerprint density at radius 3 is 2.76 bits per heavy atom. The monoisotopic (exact) mass is 297 g/mol. The second-order valence-electron chi connectivity index (χ2n) is 6.10. The van der Waals surface area contributed by atoms with E-state index in [-0.39, 0.29) is 18.5 Å². The first-order valence-electron chi connectivity index (χ1n) is 8.17. The number of amides is 2. The summed E-state index contributed by atoms with van der Waals surface area (Å²) in [6.45, 7) is 2.89. The number of urea groups is 1. The zero-order valence-corrected chi connectivity index (χ0v) is 12.6. The molecule has 6 heteroatoms. The van der Waals surface area contributed by atoms with Gasteiger partial charge in [-0.15, -0.1) is 0 Å². The van der Waals surface area contributed by atoms with Crippen molar-refractivity contribution >= 4 is 12.0 Å². The van der Waals surface area contributed by atoms with Crippen LogP contribution in [0.1, 0.15) is 51.4 Å². The van der Waals surface area contributed by atoms with Crippen LogP contribution in [0.2, 0.25) is 0 Å². The number of carboxylic acids is 1. The van der Waals surface area contributed by atoms with Gasteiger partial charge in [0.1, 0.15) is 0 Å². The van der Waals surface area contributed by atoms with Gasteiger partial charge in [0.25, 0.3) is 0 Å². The highest BCUT2D eigenvalue weighted by atomic mass is 16.4. The molecule has 2 rings (SSSR count). The van der Waals surface area contributed by atoms with E-state index in [1.165, 1.54) is 25.8 Å². The lowest BCUT2D eigenvalue weighted by Crippen LogP contribution is -2.49. The first-order valence-corrected chi connectivity index (χ1v) is 8.17. The number of carbonyl (C=O) groups is 2. The molecule has 2 fully saturated rings. The molecule has 0 aromatic carbocycles. The van der Waals surface area contributed by atoms with Gasteiger partial charge in [0.05, 0.1) is 0 Å². The second kappa shape index (κ2) is 8.22. The van der Waals surface area contributed by atoms with Crippen molar-refractivity contribution in [1.82, 2.24) is 15.5 Å². The van der Waals surface area contributed by atoms with Crippen molar-refractivity contribution in [2.75, 3.05) is 19.6 Å². The van der Waals surface area contributed by atoms with Gasteiger partial charge in [-0.2, -0.15) is 0 Å². The molecule has 0 aliphatic carbocycles. The third-order valence-electron chi connectivity index (χ3n) is 4.53. The van der Waals surface area contributed by atoms with Gasteiger partial charge in [0, 0.05) is 31.6 Å². The fourth-order valence-corrected chi connectivity index (χ4v) is 3.42. The van der Waals surface area contributed by atoms with E-state index in [0.717, 1.165) is 25.8 Å². The minimum atomic E-state index is -0.751. The molecule has 2 atom stereocenters. The van der Waals surface area contributed by atoms with Crippen LogP contribution in [0.15, 0.2) is 0 Å². The Labute approximate surface area is 126 Å². The van der Waals surface area contributed by atoms with E-state index in [1.54, 1.807) is 0 Å². The summed E-state index contributed by atoms with van der Waals surface area (Å²) in [5.74, 6) is -0.751. The predicted octanol–water partition coefficient (Wildman–Crippen LogP) is 1.56. The number of piperidine rings is 1. The Bertz CT molecular complexity index is 362. The van der Waals surface area contributed by atoms with Crippen LogP contribution in [0, 0.1) is 0 Å². The summed E-state index contributed by atoms with van der Waals surface area (Å²) in [6.07, 6.45) is 7.37. The number of nitrogens with zero attached hydrogens (tertiary/aromatic N) is 1. The quantitative estimate of drug-likeness (QED) is 0.623. The molecule has 0 aromatic heterocycles. The number of fused-ring (bicyclic) bond motifs is 1. The van der Waals surface area contributed by atoms with E-state index in [9.17, 15) is 9.59 Å². The zero-order valence-electron chi connectivity index (χ0n) is 12.6. The number of hydrogen-bond donors (Lipinski definition) is 3. The molecular formula is C15H27N3O3. The molecule has 0 spiro atoms. The lowest BCUT2D eigenvalue weighted by molar-refractivity contribution is -0.137. The molecule has 21 heavy (non-hydrogen) atoms. The molecule has 2 aliphatic heterocycles. The number of unbranched alkanes of at least 4 members (excludes halogenated alkanes) is 2. The van der Waals surface area contributed by atoms with Gasteiger partial charge >= 0.3 is 12.0 Å². The van der Waals surface area contributed by atoms with Crippen molar-refractivity contribution in [2.45, 2.75) is 63.5 Å². The normalized spacial score (nSPS) is 25.3. The van der Waals surface area contributed by atoms with Gasteiger partial charge in [-0.1, -0.05) is 12.8 Å². The van der Waals surface area contributed by atoms with Gasteiger partial charge in [-0.05, 0) is 38.6 Å². The Hall–Kier alpha value is -1.30. The number of hydrogen-bond acceptors (Lipinski definition) is 3. The summed E-state index contributed by atoms with van der Waals surface area (Å²) in [6, 6.07) is 0.739. The summed E-state index contributed by atoms with van der Waals surface area (Å²) in [5.41, 5.74) is 0. The molecule has 0 radical (unpaired) electrons. The third kappa shape index (κ3) is 5.19. The second-order valence-corrected chi connectivity index (χ2v) is 6.10. The molecule has 2 unspecified atom stereocenters. The Kier molecular flexibility index (Phi) is 6.29. The van der Waals surface area contributed by atoms with Crippen molar-refractivity contribution < 1.29 is 14.7 Å². The lowest BCUT2D eigenvalue weighted by atomic mass is 9.99. The minimum Gasteiger partial charge on any atom is -0.481 e. The highest BCUT2D eigenvalue weighted by molar-refractivity contribution is 5.74. The highest BCUT2D eigenvalue weighted by Crippen LogP contribution is 2.26. The summed E-state index contributed by atoms with van der Waals surface area (Å²) in [7, 11) is 0. The molecule has 120 valence electrons. The number of nitrogens with one attached hydrogen (secondary N) is 2. The molecule has 2 aliphatic rings. The maximum atomic E-state index is 11.9. The first kappa shape index (κ1) is 16.1. The number of carboxylic acid groups (broad SMARTS) is 1. The average Bonchev–Trinajstić information content (AvgIpc) is 2.86. The molecule has 0 bridgehead atoms. The molecule has 2 heterocycles. The van der Waals surface area contributed by atoms with Gasteiger partial charge in [0.2, 0.25) is 0 Å². The Morgan fingerprint density at radius 2 is 1.95 bits per heavy atom. The molecule has 0 aromatic rings. The van der Waals surface area contributed by atoms with Crippen LogP contribution >= 0.6 is 0 Å². The third-order valence-corrected chi connectivity index (χ3v) is 4.53. The lowest BCUT2D eigenvalue weighted by Gasteiger charge is -2.32. The topological polar surface area (TPSA) is 81.7 Å². The highest BCUT2D eigenvalue weighted by Gasteiger charge is 2.36. The van der Waals surface area contributed by atoms with Crippen LogP contribution < -0.4 is 10.6 Å². The summed E-state index contributed by atoms with van der Waals surface area (Å²) >= 11 is 0. The van der Waals surface area contributed by atoms with Crippen LogP contribution in [0.4, 0.5) is 4.79 Å². The predicted molar refractivity (Wildman–Crippen MR) is 80.3 cm³/mol. The van der Waals surface area contributed by atoms with Gasteiger partial charge in [-0.3, -0.25) is 9.69 Å². The molecule has 2 amide bonds. The Morgan fingerprint density at radius 1 is 1.10 bits per heavy atom. The van der Waals surface area contributed by atoms with Crippen molar-refractivity contribution in [3.05, 3.63) is 0 Å². The van der Waals surface area contributed by atoms with E-state index in [4.69, 9.17) is 5.11 Å². The number of rotatable bonds is 7. The van der Waals surface area contributed by atoms with E-state index < -0.39 is 5.97 Å². The summed E-state index contributed by atoms with van der Waals surface area (Å²) in [5, 5.41) is 14.5. The fourth-order valence-electron chi connectivity index (χ4n) is 3.42. The summed E-state index contributed by atoms with van der Waals surface area (Å²) < 4.78 is 0. The Balaban J connectivity index is 1.56. The molecular weight excluding hydrogens is 270 g/mol. The van der Waals surface area contributed by atoms with Gasteiger partial charge < -0.3 is 15.7 Å². The van der Waals surface area contributed by atoms with Gasteiger partial charge in [-0.25, -0.2) is 4.79 Å².